The van der Waals surface area contributed by atoms with Crippen molar-refractivity contribution in [3.8, 4) is 0 Å². The molecule has 0 aromatic carbocycles. The summed E-state index contributed by atoms with van der Waals surface area (Å²) in [5.74, 6) is 0.759. The molecule has 2 rings (SSSR count). The van der Waals surface area contributed by atoms with E-state index in [0.29, 0.717) is 18.0 Å². The molecular formula is C14H27N3O2. The summed E-state index contributed by atoms with van der Waals surface area (Å²) in [5.41, 5.74) is 5.82. The van der Waals surface area contributed by atoms with Crippen molar-refractivity contribution < 1.29 is 9.53 Å². The van der Waals surface area contributed by atoms with Gasteiger partial charge in [0.2, 0.25) is 5.91 Å². The number of ether oxygens (including phenoxy) is 1. The van der Waals surface area contributed by atoms with Gasteiger partial charge in [-0.25, -0.2) is 0 Å². The third-order valence-electron chi connectivity index (χ3n) is 4.53. The lowest BCUT2D eigenvalue weighted by Crippen LogP contribution is -2.49. The van der Waals surface area contributed by atoms with Gasteiger partial charge in [-0.1, -0.05) is 6.42 Å². The Labute approximate surface area is 115 Å². The zero-order valence-electron chi connectivity index (χ0n) is 11.9. The fourth-order valence-electron chi connectivity index (χ4n) is 3.35. The summed E-state index contributed by atoms with van der Waals surface area (Å²) in [6, 6.07) is 1.14. The summed E-state index contributed by atoms with van der Waals surface area (Å²) in [6.07, 6.45) is 5.90. The first kappa shape index (κ1) is 14.8. The summed E-state index contributed by atoms with van der Waals surface area (Å²) in [6.45, 7) is 2.69. The number of carbonyl (C=O) groups is 1. The molecule has 2 unspecified atom stereocenters. The number of carbonyl (C=O) groups excluding carboxylic acids is 1. The zero-order chi connectivity index (χ0) is 13.7. The van der Waals surface area contributed by atoms with Crippen LogP contribution in [0.25, 0.3) is 0 Å². The van der Waals surface area contributed by atoms with Crippen LogP contribution in [0.1, 0.15) is 32.1 Å². The van der Waals surface area contributed by atoms with Crippen molar-refractivity contribution in [1.82, 2.24) is 10.2 Å². The van der Waals surface area contributed by atoms with Crippen molar-refractivity contribution in [2.45, 2.75) is 44.2 Å². The van der Waals surface area contributed by atoms with Crippen molar-refractivity contribution in [3.05, 3.63) is 0 Å². The van der Waals surface area contributed by atoms with Crippen LogP contribution >= 0.6 is 0 Å². The van der Waals surface area contributed by atoms with E-state index in [1.807, 2.05) is 4.90 Å². The van der Waals surface area contributed by atoms with Crippen LogP contribution in [-0.4, -0.2) is 56.2 Å². The summed E-state index contributed by atoms with van der Waals surface area (Å²) < 4.78 is 4.90. The van der Waals surface area contributed by atoms with Gasteiger partial charge >= 0.3 is 0 Å². The van der Waals surface area contributed by atoms with Gasteiger partial charge in [-0.05, 0) is 38.1 Å². The normalized spacial score (nSPS) is 28.8. The van der Waals surface area contributed by atoms with Gasteiger partial charge in [0, 0.05) is 32.3 Å². The van der Waals surface area contributed by atoms with Crippen LogP contribution in [0.3, 0.4) is 0 Å². The van der Waals surface area contributed by atoms with Crippen LogP contribution in [0.2, 0.25) is 0 Å². The Balaban J connectivity index is 1.73. The van der Waals surface area contributed by atoms with E-state index in [0.717, 1.165) is 32.5 Å². The van der Waals surface area contributed by atoms with E-state index in [1.165, 1.54) is 19.3 Å². The smallest absolute Gasteiger partial charge is 0.248 e. The maximum atomic E-state index is 11.7. The first-order chi connectivity index (χ1) is 9.24. The third kappa shape index (κ3) is 3.91. The minimum absolute atomic E-state index is 0.113. The molecule has 1 heterocycles. The lowest BCUT2D eigenvalue weighted by molar-refractivity contribution is -0.136. The SMILES string of the molecule is COCC(=O)N1CCC(NC2CCCC2CN)CC1. The van der Waals surface area contributed by atoms with Crippen LogP contribution in [0, 0.1) is 5.92 Å². The second kappa shape index (κ2) is 7.22. The molecule has 2 atom stereocenters. The Morgan fingerprint density at radius 2 is 2.05 bits per heavy atom. The quantitative estimate of drug-likeness (QED) is 0.755. The summed E-state index contributed by atoms with van der Waals surface area (Å²) in [5, 5.41) is 3.76. The molecule has 19 heavy (non-hydrogen) atoms. The molecule has 1 aliphatic heterocycles. The topological polar surface area (TPSA) is 67.6 Å². The number of nitrogens with one attached hydrogen (secondary N) is 1. The van der Waals surface area contributed by atoms with Crippen LogP contribution in [0.15, 0.2) is 0 Å². The molecule has 5 nitrogen and oxygen atoms in total. The molecule has 0 aromatic heterocycles. The van der Waals surface area contributed by atoms with Gasteiger partial charge in [0.1, 0.15) is 6.61 Å². The van der Waals surface area contributed by atoms with Crippen molar-refractivity contribution >= 4 is 5.91 Å². The van der Waals surface area contributed by atoms with E-state index in [4.69, 9.17) is 10.5 Å². The molecule has 3 N–H and O–H groups in total. The van der Waals surface area contributed by atoms with Crippen molar-refractivity contribution in [2.75, 3.05) is 33.4 Å². The van der Waals surface area contributed by atoms with E-state index in [1.54, 1.807) is 7.11 Å². The third-order valence-corrected chi connectivity index (χ3v) is 4.53. The highest BCUT2D eigenvalue weighted by molar-refractivity contribution is 5.77. The van der Waals surface area contributed by atoms with Gasteiger partial charge in [0.25, 0.3) is 0 Å². The van der Waals surface area contributed by atoms with Gasteiger partial charge in [-0.3, -0.25) is 4.79 Å². The lowest BCUT2D eigenvalue weighted by atomic mass is 9.99. The minimum atomic E-state index is 0.113. The second-order valence-corrected chi connectivity index (χ2v) is 5.79. The van der Waals surface area contributed by atoms with Gasteiger partial charge in [-0.2, -0.15) is 0 Å². The molecule has 0 spiro atoms. The Morgan fingerprint density at radius 1 is 1.32 bits per heavy atom. The summed E-state index contributed by atoms with van der Waals surface area (Å²) in [7, 11) is 1.57. The Morgan fingerprint density at radius 3 is 2.68 bits per heavy atom. The Kier molecular flexibility index (Phi) is 5.60. The average Bonchev–Trinajstić information content (AvgIpc) is 2.87. The molecule has 0 bridgehead atoms. The summed E-state index contributed by atoms with van der Waals surface area (Å²) >= 11 is 0. The van der Waals surface area contributed by atoms with Crippen molar-refractivity contribution in [2.24, 2.45) is 11.7 Å². The molecule has 110 valence electrons. The molecule has 0 aromatic rings. The predicted molar refractivity (Wildman–Crippen MR) is 74.8 cm³/mol. The first-order valence-electron chi connectivity index (χ1n) is 7.47. The second-order valence-electron chi connectivity index (χ2n) is 5.79. The monoisotopic (exact) mass is 269 g/mol. The van der Waals surface area contributed by atoms with Crippen LogP contribution in [-0.2, 0) is 9.53 Å². The maximum absolute atomic E-state index is 11.7. The number of hydrogen-bond donors (Lipinski definition) is 2. The minimum Gasteiger partial charge on any atom is -0.375 e. The molecular weight excluding hydrogens is 242 g/mol. The molecule has 1 saturated heterocycles. The average molecular weight is 269 g/mol. The predicted octanol–water partition coefficient (Wildman–Crippen LogP) is 0.341. The molecule has 5 heteroatoms. The van der Waals surface area contributed by atoms with E-state index in [2.05, 4.69) is 5.32 Å². The van der Waals surface area contributed by atoms with Crippen LogP contribution in [0.4, 0.5) is 0 Å². The Hall–Kier alpha value is -0.650. The molecule has 2 aliphatic rings. The van der Waals surface area contributed by atoms with E-state index < -0.39 is 0 Å². The number of amides is 1. The number of methoxy groups -OCH3 is 1. The number of rotatable bonds is 5. The van der Waals surface area contributed by atoms with E-state index in [-0.39, 0.29) is 12.5 Å². The zero-order valence-corrected chi connectivity index (χ0v) is 11.9. The highest BCUT2D eigenvalue weighted by Gasteiger charge is 2.30. The number of nitrogens with two attached hydrogens (primary N) is 1. The number of likely N-dealkylation sites (tertiary alicyclic amines) is 1. The molecule has 1 amide bonds. The van der Waals surface area contributed by atoms with E-state index >= 15 is 0 Å². The van der Waals surface area contributed by atoms with Crippen molar-refractivity contribution in [3.63, 3.8) is 0 Å². The van der Waals surface area contributed by atoms with Gasteiger partial charge < -0.3 is 20.7 Å². The van der Waals surface area contributed by atoms with E-state index in [9.17, 15) is 4.79 Å². The lowest BCUT2D eigenvalue weighted by Gasteiger charge is -2.35. The molecule has 2 fully saturated rings. The standard InChI is InChI=1S/C14H27N3O2/c1-19-10-14(18)17-7-5-12(6-8-17)16-13-4-2-3-11(13)9-15/h11-13,16H,2-10,15H2,1H3. The molecule has 0 radical (unpaired) electrons. The summed E-state index contributed by atoms with van der Waals surface area (Å²) in [4.78, 5) is 13.6. The number of nitrogens with zero attached hydrogens (tertiary/aromatic N) is 1. The van der Waals surface area contributed by atoms with Crippen LogP contribution in [0.5, 0.6) is 0 Å². The van der Waals surface area contributed by atoms with Crippen molar-refractivity contribution in [1.29, 1.82) is 0 Å². The number of hydrogen-bond acceptors (Lipinski definition) is 4. The molecule has 1 saturated carbocycles. The van der Waals surface area contributed by atoms with Crippen LogP contribution < -0.4 is 11.1 Å². The fraction of sp³-hybridized carbons (Fsp3) is 0.929. The highest BCUT2D eigenvalue weighted by atomic mass is 16.5. The fourth-order valence-corrected chi connectivity index (χ4v) is 3.35. The number of piperidine rings is 1. The highest BCUT2D eigenvalue weighted by Crippen LogP contribution is 2.26. The maximum Gasteiger partial charge on any atom is 0.248 e. The van der Waals surface area contributed by atoms with Gasteiger partial charge in [-0.15, -0.1) is 0 Å². The molecule has 1 aliphatic carbocycles. The van der Waals surface area contributed by atoms with Gasteiger partial charge in [0.05, 0.1) is 0 Å². The van der Waals surface area contributed by atoms with Gasteiger partial charge in [0.15, 0.2) is 0 Å². The largest absolute Gasteiger partial charge is 0.375 e. The Bertz CT molecular complexity index is 290. The first-order valence-corrected chi connectivity index (χ1v) is 7.47.